The Balaban J connectivity index is 2.90. The van der Waals surface area contributed by atoms with Crippen LogP contribution >= 0.6 is 0 Å². The van der Waals surface area contributed by atoms with Gasteiger partial charge in [-0.05, 0) is 31.9 Å². The van der Waals surface area contributed by atoms with Gasteiger partial charge in [0.2, 0.25) is 0 Å². The summed E-state index contributed by atoms with van der Waals surface area (Å²) >= 11 is 0. The third-order valence-corrected chi connectivity index (χ3v) is 3.03. The molecule has 1 aromatic rings. The number of hydrogen-bond donors (Lipinski definition) is 1. The predicted octanol–water partition coefficient (Wildman–Crippen LogP) is 3.38. The molecule has 0 bridgehead atoms. The molecule has 0 aromatic heterocycles. The van der Waals surface area contributed by atoms with Gasteiger partial charge in [0, 0.05) is 5.56 Å². The monoisotopic (exact) mass is 233 g/mol. The smallest absolute Gasteiger partial charge is 0.182 e. The molecule has 0 aliphatic heterocycles. The first kappa shape index (κ1) is 13.9. The molecule has 0 atom stereocenters. The van der Waals surface area contributed by atoms with Crippen LogP contribution in [0.1, 0.15) is 56.5 Å². The minimum absolute atomic E-state index is 0.148. The van der Waals surface area contributed by atoms with Crippen LogP contribution in [0.3, 0.4) is 0 Å². The summed E-state index contributed by atoms with van der Waals surface area (Å²) in [6, 6.07) is 7.94. The Kier molecular flexibility index (Phi) is 4.47. The molecule has 0 saturated carbocycles. The normalized spacial score (nSPS) is 11.9. The number of likely N-dealkylation sites (N-methyl/N-ethyl adjacent to an activating group) is 1. The van der Waals surface area contributed by atoms with E-state index >= 15 is 0 Å². The minimum atomic E-state index is -0.492. The predicted molar refractivity (Wildman–Crippen MR) is 72.6 cm³/mol. The van der Waals surface area contributed by atoms with Crippen LogP contribution in [0, 0.1) is 0 Å². The quantitative estimate of drug-likeness (QED) is 0.790. The largest absolute Gasteiger partial charge is 0.305 e. The van der Waals surface area contributed by atoms with Crippen LogP contribution < -0.4 is 5.32 Å². The van der Waals surface area contributed by atoms with Gasteiger partial charge < -0.3 is 5.32 Å². The van der Waals surface area contributed by atoms with E-state index in [1.165, 1.54) is 5.56 Å². The number of Topliss-reactive ketones (excluding diaryl/α,β-unsaturated/α-hetero) is 1. The molecule has 17 heavy (non-hydrogen) atoms. The van der Waals surface area contributed by atoms with E-state index in [1.54, 1.807) is 0 Å². The summed E-state index contributed by atoms with van der Waals surface area (Å²) in [5, 5.41) is 3.21. The van der Waals surface area contributed by atoms with Crippen LogP contribution in [0.4, 0.5) is 0 Å². The molecule has 1 N–H and O–H groups in total. The molecule has 94 valence electrons. The molecule has 0 heterocycles. The van der Waals surface area contributed by atoms with Gasteiger partial charge in [0.25, 0.3) is 0 Å². The summed E-state index contributed by atoms with van der Waals surface area (Å²) in [6.07, 6.45) is 0. The molecule has 0 fully saturated rings. The maximum Gasteiger partial charge on any atom is 0.182 e. The van der Waals surface area contributed by atoms with Crippen LogP contribution in [-0.2, 0) is 0 Å². The Bertz CT molecular complexity index is 376. The van der Waals surface area contributed by atoms with Crippen molar-refractivity contribution in [2.45, 2.75) is 46.1 Å². The fourth-order valence-electron chi connectivity index (χ4n) is 1.90. The maximum atomic E-state index is 12.3. The van der Waals surface area contributed by atoms with Crippen LogP contribution in [-0.4, -0.2) is 17.9 Å². The van der Waals surface area contributed by atoms with Gasteiger partial charge in [-0.2, -0.15) is 0 Å². The molecule has 2 nitrogen and oxygen atoms in total. The van der Waals surface area contributed by atoms with E-state index < -0.39 is 5.54 Å². The van der Waals surface area contributed by atoms with Gasteiger partial charge in [0.15, 0.2) is 5.78 Å². The molecule has 0 aliphatic rings. The molecule has 0 unspecified atom stereocenters. The van der Waals surface area contributed by atoms with Gasteiger partial charge in [0.1, 0.15) is 0 Å². The third-order valence-electron chi connectivity index (χ3n) is 3.03. The van der Waals surface area contributed by atoms with Crippen molar-refractivity contribution in [3.63, 3.8) is 0 Å². The van der Waals surface area contributed by atoms with E-state index in [-0.39, 0.29) is 5.78 Å². The van der Waals surface area contributed by atoms with Crippen molar-refractivity contribution in [2.24, 2.45) is 0 Å². The number of carbonyl (C=O) groups is 1. The summed E-state index contributed by atoms with van der Waals surface area (Å²) in [4.78, 5) is 12.3. The highest BCUT2D eigenvalue weighted by molar-refractivity contribution is 6.02. The highest BCUT2D eigenvalue weighted by atomic mass is 16.1. The van der Waals surface area contributed by atoms with Crippen molar-refractivity contribution in [3.8, 4) is 0 Å². The second-order valence-electron chi connectivity index (χ2n) is 5.26. The fourth-order valence-corrected chi connectivity index (χ4v) is 1.90. The molecular weight excluding hydrogens is 210 g/mol. The zero-order chi connectivity index (χ0) is 13.1. The van der Waals surface area contributed by atoms with Crippen molar-refractivity contribution in [1.82, 2.24) is 5.32 Å². The lowest BCUT2D eigenvalue weighted by molar-refractivity contribution is 0.0884. The summed E-state index contributed by atoms with van der Waals surface area (Å²) in [7, 11) is 0. The van der Waals surface area contributed by atoms with Gasteiger partial charge >= 0.3 is 0 Å². The Hall–Kier alpha value is -1.15. The van der Waals surface area contributed by atoms with E-state index in [4.69, 9.17) is 0 Å². The van der Waals surface area contributed by atoms with Crippen LogP contribution in [0.2, 0.25) is 0 Å². The second kappa shape index (κ2) is 5.46. The van der Waals surface area contributed by atoms with Crippen LogP contribution in [0.15, 0.2) is 24.3 Å². The minimum Gasteiger partial charge on any atom is -0.305 e. The van der Waals surface area contributed by atoms with Gasteiger partial charge in [-0.3, -0.25) is 4.79 Å². The highest BCUT2D eigenvalue weighted by Gasteiger charge is 2.27. The Morgan fingerprint density at radius 3 is 2.18 bits per heavy atom. The number of benzene rings is 1. The van der Waals surface area contributed by atoms with Gasteiger partial charge in [-0.1, -0.05) is 45.0 Å². The molecule has 0 spiro atoms. The molecule has 0 saturated heterocycles. The van der Waals surface area contributed by atoms with Crippen molar-refractivity contribution in [1.29, 1.82) is 0 Å². The average Bonchev–Trinajstić information content (AvgIpc) is 2.28. The SMILES string of the molecule is CCNC(C)(C)C(=O)c1ccc(C(C)C)cc1. The standard InChI is InChI=1S/C15H23NO/c1-6-16-15(4,5)14(17)13-9-7-12(8-10-13)11(2)3/h7-11,16H,6H2,1-5H3. The molecule has 2 heteroatoms. The molecule has 1 rings (SSSR count). The Labute approximate surface area is 104 Å². The van der Waals surface area contributed by atoms with Gasteiger partial charge in [-0.25, -0.2) is 0 Å². The van der Waals surface area contributed by atoms with E-state index in [0.717, 1.165) is 12.1 Å². The lowest BCUT2D eigenvalue weighted by Crippen LogP contribution is -2.46. The Morgan fingerprint density at radius 1 is 1.24 bits per heavy atom. The van der Waals surface area contributed by atoms with Gasteiger partial charge in [-0.15, -0.1) is 0 Å². The zero-order valence-corrected chi connectivity index (χ0v) is 11.5. The number of carbonyl (C=O) groups excluding carboxylic acids is 1. The topological polar surface area (TPSA) is 29.1 Å². The number of hydrogen-bond acceptors (Lipinski definition) is 2. The van der Waals surface area contributed by atoms with Crippen molar-refractivity contribution >= 4 is 5.78 Å². The van der Waals surface area contributed by atoms with E-state index in [1.807, 2.05) is 45.0 Å². The number of nitrogens with one attached hydrogen (secondary N) is 1. The fraction of sp³-hybridized carbons (Fsp3) is 0.533. The van der Waals surface area contributed by atoms with E-state index in [9.17, 15) is 4.79 Å². The Morgan fingerprint density at radius 2 is 1.76 bits per heavy atom. The lowest BCUT2D eigenvalue weighted by Gasteiger charge is -2.24. The second-order valence-corrected chi connectivity index (χ2v) is 5.26. The van der Waals surface area contributed by atoms with Gasteiger partial charge in [0.05, 0.1) is 5.54 Å². The third kappa shape index (κ3) is 3.40. The first-order valence-electron chi connectivity index (χ1n) is 6.28. The van der Waals surface area contributed by atoms with Crippen molar-refractivity contribution < 1.29 is 4.79 Å². The van der Waals surface area contributed by atoms with Crippen LogP contribution in [0.25, 0.3) is 0 Å². The first-order valence-corrected chi connectivity index (χ1v) is 6.28. The summed E-state index contributed by atoms with van der Waals surface area (Å²) in [5.41, 5.74) is 1.55. The summed E-state index contributed by atoms with van der Waals surface area (Å²) < 4.78 is 0. The molecule has 0 amide bonds. The summed E-state index contributed by atoms with van der Waals surface area (Å²) in [5.74, 6) is 0.649. The molecule has 0 radical (unpaired) electrons. The van der Waals surface area contributed by atoms with E-state index in [0.29, 0.717) is 5.92 Å². The molecule has 0 aliphatic carbocycles. The summed E-state index contributed by atoms with van der Waals surface area (Å²) in [6.45, 7) is 11.0. The molecule has 1 aromatic carbocycles. The average molecular weight is 233 g/mol. The maximum absolute atomic E-state index is 12.3. The highest BCUT2D eigenvalue weighted by Crippen LogP contribution is 2.18. The lowest BCUT2D eigenvalue weighted by atomic mass is 9.91. The first-order chi connectivity index (χ1) is 7.88. The number of ketones is 1. The number of rotatable bonds is 5. The van der Waals surface area contributed by atoms with E-state index in [2.05, 4.69) is 19.2 Å². The molecular formula is C15H23NO. The zero-order valence-electron chi connectivity index (χ0n) is 11.5. The van der Waals surface area contributed by atoms with Crippen molar-refractivity contribution in [3.05, 3.63) is 35.4 Å². The van der Waals surface area contributed by atoms with Crippen LogP contribution in [0.5, 0.6) is 0 Å². The van der Waals surface area contributed by atoms with Crippen molar-refractivity contribution in [2.75, 3.05) is 6.54 Å².